The molecular weight excluding hydrogens is 222 g/mol. The molecular formula is C12H25NO4. The monoisotopic (exact) mass is 247 g/mol. The molecule has 5 nitrogen and oxygen atoms in total. The van der Waals surface area contributed by atoms with Gasteiger partial charge >= 0.3 is 5.97 Å². The van der Waals surface area contributed by atoms with Crippen LogP contribution in [0.3, 0.4) is 0 Å². The normalized spacial score (nSPS) is 16.6. The maximum Gasteiger partial charge on any atom is 0.338 e. The predicted octanol–water partition coefficient (Wildman–Crippen LogP) is 0.561. The third kappa shape index (κ3) is 6.00. The number of aliphatic hydroxyl groups is 1. The van der Waals surface area contributed by atoms with E-state index >= 15 is 0 Å². The zero-order chi connectivity index (χ0) is 13.5. The Morgan fingerprint density at radius 1 is 1.47 bits per heavy atom. The molecule has 0 fully saturated rings. The maximum atomic E-state index is 11.3. The number of methoxy groups -OCH3 is 1. The van der Waals surface area contributed by atoms with Gasteiger partial charge in [0, 0.05) is 19.2 Å². The molecule has 2 N–H and O–H groups in total. The van der Waals surface area contributed by atoms with Crippen LogP contribution >= 0.6 is 0 Å². The zero-order valence-corrected chi connectivity index (χ0v) is 11.4. The Kier molecular flexibility index (Phi) is 7.34. The molecule has 0 saturated carbocycles. The summed E-state index contributed by atoms with van der Waals surface area (Å²) < 4.78 is 9.88. The van der Waals surface area contributed by atoms with Gasteiger partial charge in [0.05, 0.1) is 13.7 Å². The number of hydrogen-bond acceptors (Lipinski definition) is 5. The second-order valence-electron chi connectivity index (χ2n) is 4.66. The molecule has 0 aromatic rings. The van der Waals surface area contributed by atoms with E-state index in [1.165, 1.54) is 14.0 Å². The highest BCUT2D eigenvalue weighted by atomic mass is 16.5. The Labute approximate surface area is 103 Å². The molecule has 0 bridgehead atoms. The lowest BCUT2D eigenvalue weighted by atomic mass is 10.0. The van der Waals surface area contributed by atoms with Gasteiger partial charge in [0.2, 0.25) is 0 Å². The average molecular weight is 247 g/mol. The van der Waals surface area contributed by atoms with Crippen molar-refractivity contribution in [2.24, 2.45) is 5.92 Å². The van der Waals surface area contributed by atoms with Gasteiger partial charge in [-0.2, -0.15) is 0 Å². The van der Waals surface area contributed by atoms with Gasteiger partial charge in [0.15, 0.2) is 5.60 Å². The quantitative estimate of drug-likeness (QED) is 0.613. The molecule has 0 radical (unpaired) electrons. The summed E-state index contributed by atoms with van der Waals surface area (Å²) in [5.41, 5.74) is -1.51. The Morgan fingerprint density at radius 2 is 2.06 bits per heavy atom. The Morgan fingerprint density at radius 3 is 2.47 bits per heavy atom. The molecule has 0 aromatic carbocycles. The van der Waals surface area contributed by atoms with Crippen molar-refractivity contribution in [2.75, 3.05) is 26.9 Å². The van der Waals surface area contributed by atoms with E-state index in [2.05, 4.69) is 23.9 Å². The summed E-state index contributed by atoms with van der Waals surface area (Å²) in [6, 6.07) is 0.103. The molecule has 0 saturated heterocycles. The van der Waals surface area contributed by atoms with Crippen LogP contribution in [0, 0.1) is 5.92 Å². The fourth-order valence-corrected chi connectivity index (χ4v) is 1.35. The minimum Gasteiger partial charge on any atom is -0.467 e. The first-order valence-electron chi connectivity index (χ1n) is 5.97. The highest BCUT2D eigenvalue weighted by Gasteiger charge is 2.32. The van der Waals surface area contributed by atoms with E-state index in [0.717, 1.165) is 0 Å². The van der Waals surface area contributed by atoms with Crippen molar-refractivity contribution in [1.82, 2.24) is 5.32 Å². The number of rotatable bonds is 8. The SMILES string of the molecule is CCOCC(NCC(C)(O)C(=O)OC)C(C)C. The Balaban J connectivity index is 4.24. The van der Waals surface area contributed by atoms with Crippen LogP contribution in [0.15, 0.2) is 0 Å². The first-order valence-corrected chi connectivity index (χ1v) is 5.97. The molecule has 0 spiro atoms. The fourth-order valence-electron chi connectivity index (χ4n) is 1.35. The van der Waals surface area contributed by atoms with Gasteiger partial charge in [0.25, 0.3) is 0 Å². The fraction of sp³-hybridized carbons (Fsp3) is 0.917. The van der Waals surface area contributed by atoms with Gasteiger partial charge < -0.3 is 19.9 Å². The standard InChI is InChI=1S/C12H25NO4/c1-6-17-7-10(9(2)3)13-8-12(4,15)11(14)16-5/h9-10,13,15H,6-8H2,1-5H3. The van der Waals surface area contributed by atoms with Crippen molar-refractivity contribution in [2.45, 2.75) is 39.3 Å². The van der Waals surface area contributed by atoms with Crippen LogP contribution in [0.4, 0.5) is 0 Å². The molecule has 0 aliphatic carbocycles. The highest BCUT2D eigenvalue weighted by Crippen LogP contribution is 2.07. The van der Waals surface area contributed by atoms with E-state index in [9.17, 15) is 9.90 Å². The molecule has 0 aliphatic rings. The van der Waals surface area contributed by atoms with Gasteiger partial charge in [-0.3, -0.25) is 0 Å². The van der Waals surface area contributed by atoms with Crippen molar-refractivity contribution in [3.63, 3.8) is 0 Å². The number of hydrogen-bond donors (Lipinski definition) is 2. The third-order valence-electron chi connectivity index (χ3n) is 2.64. The summed E-state index contributed by atoms with van der Waals surface area (Å²) in [5, 5.41) is 13.0. The summed E-state index contributed by atoms with van der Waals surface area (Å²) in [6.07, 6.45) is 0. The van der Waals surface area contributed by atoms with Crippen LogP contribution in [0.25, 0.3) is 0 Å². The van der Waals surface area contributed by atoms with Crippen LogP contribution < -0.4 is 5.32 Å². The highest BCUT2D eigenvalue weighted by molar-refractivity contribution is 5.78. The van der Waals surface area contributed by atoms with E-state index < -0.39 is 11.6 Å². The van der Waals surface area contributed by atoms with E-state index in [1.807, 2.05) is 6.92 Å². The van der Waals surface area contributed by atoms with Crippen molar-refractivity contribution in [1.29, 1.82) is 0 Å². The van der Waals surface area contributed by atoms with Crippen LogP contribution in [-0.2, 0) is 14.3 Å². The second-order valence-corrected chi connectivity index (χ2v) is 4.66. The number of ether oxygens (including phenoxy) is 2. The van der Waals surface area contributed by atoms with E-state index in [4.69, 9.17) is 4.74 Å². The Hall–Kier alpha value is -0.650. The van der Waals surface area contributed by atoms with Crippen molar-refractivity contribution in [3.8, 4) is 0 Å². The number of esters is 1. The average Bonchev–Trinajstić information content (AvgIpc) is 2.27. The van der Waals surface area contributed by atoms with Crippen molar-refractivity contribution in [3.05, 3.63) is 0 Å². The van der Waals surface area contributed by atoms with Gasteiger partial charge in [-0.05, 0) is 19.8 Å². The lowest BCUT2D eigenvalue weighted by Crippen LogP contribution is -2.50. The van der Waals surface area contributed by atoms with Gasteiger partial charge in [-0.1, -0.05) is 13.8 Å². The van der Waals surface area contributed by atoms with Gasteiger partial charge in [0.1, 0.15) is 0 Å². The lowest BCUT2D eigenvalue weighted by Gasteiger charge is -2.27. The number of carbonyl (C=O) groups excluding carboxylic acids is 1. The minimum absolute atomic E-state index is 0.103. The molecule has 0 aromatic heterocycles. The van der Waals surface area contributed by atoms with E-state index in [-0.39, 0.29) is 12.6 Å². The smallest absolute Gasteiger partial charge is 0.338 e. The maximum absolute atomic E-state index is 11.3. The molecule has 0 rings (SSSR count). The van der Waals surface area contributed by atoms with Crippen molar-refractivity contribution < 1.29 is 19.4 Å². The molecule has 102 valence electrons. The second kappa shape index (κ2) is 7.63. The predicted molar refractivity (Wildman–Crippen MR) is 65.8 cm³/mol. The summed E-state index contributed by atoms with van der Waals surface area (Å²) in [6.45, 7) is 8.85. The van der Waals surface area contributed by atoms with Crippen LogP contribution in [0.1, 0.15) is 27.7 Å². The van der Waals surface area contributed by atoms with Gasteiger partial charge in [-0.25, -0.2) is 4.79 Å². The minimum atomic E-state index is -1.51. The van der Waals surface area contributed by atoms with Crippen molar-refractivity contribution >= 4 is 5.97 Å². The molecule has 17 heavy (non-hydrogen) atoms. The number of nitrogens with one attached hydrogen (secondary N) is 1. The summed E-state index contributed by atoms with van der Waals surface area (Å²) >= 11 is 0. The molecule has 0 aliphatic heterocycles. The first kappa shape index (κ1) is 16.4. The molecule has 5 heteroatoms. The van der Waals surface area contributed by atoms with E-state index in [1.54, 1.807) is 0 Å². The van der Waals surface area contributed by atoms with E-state index in [0.29, 0.717) is 19.1 Å². The summed E-state index contributed by atoms with van der Waals surface area (Å²) in [4.78, 5) is 11.3. The largest absolute Gasteiger partial charge is 0.467 e. The van der Waals surface area contributed by atoms with Crippen LogP contribution in [0.2, 0.25) is 0 Å². The summed E-state index contributed by atoms with van der Waals surface area (Å²) in [7, 11) is 1.26. The first-order chi connectivity index (χ1) is 7.85. The van der Waals surface area contributed by atoms with Gasteiger partial charge in [-0.15, -0.1) is 0 Å². The van der Waals surface area contributed by atoms with Crippen LogP contribution in [-0.4, -0.2) is 49.6 Å². The summed E-state index contributed by atoms with van der Waals surface area (Å²) in [5.74, 6) is -0.279. The molecule has 0 heterocycles. The zero-order valence-electron chi connectivity index (χ0n) is 11.4. The molecule has 2 atom stereocenters. The molecule has 0 amide bonds. The topological polar surface area (TPSA) is 67.8 Å². The van der Waals surface area contributed by atoms with Crippen LogP contribution in [0.5, 0.6) is 0 Å². The number of carbonyl (C=O) groups is 1. The lowest BCUT2D eigenvalue weighted by molar-refractivity contribution is -0.160. The molecule has 2 unspecified atom stereocenters. The Bertz CT molecular complexity index is 229. The third-order valence-corrected chi connectivity index (χ3v) is 2.64.